The lowest BCUT2D eigenvalue weighted by molar-refractivity contribution is -0.0948. The quantitative estimate of drug-likeness (QED) is 0.376. The Labute approximate surface area is 249 Å². The van der Waals surface area contributed by atoms with Gasteiger partial charge in [0.05, 0.1) is 23.0 Å². The summed E-state index contributed by atoms with van der Waals surface area (Å²) < 4.78 is 0. The van der Waals surface area contributed by atoms with Gasteiger partial charge in [0.1, 0.15) is 5.75 Å². The molecule has 5 aliphatic heterocycles. The second-order valence-electron chi connectivity index (χ2n) is 14.0. The molecular weight excluding hydrogens is 520 g/mol. The van der Waals surface area contributed by atoms with Crippen molar-refractivity contribution in [3.05, 3.63) is 65.4 Å². The van der Waals surface area contributed by atoms with Crippen molar-refractivity contribution in [3.8, 4) is 5.75 Å². The fourth-order valence-electron chi connectivity index (χ4n) is 9.88. The van der Waals surface area contributed by atoms with E-state index in [-0.39, 0.29) is 11.5 Å². The van der Waals surface area contributed by atoms with Gasteiger partial charge in [0, 0.05) is 35.4 Å². The van der Waals surface area contributed by atoms with E-state index in [1.54, 1.807) is 6.07 Å². The van der Waals surface area contributed by atoms with Crippen molar-refractivity contribution in [2.75, 3.05) is 32.7 Å². The number of allylic oxidation sites excluding steroid dienone is 4. The van der Waals surface area contributed by atoms with Crippen molar-refractivity contribution in [2.45, 2.75) is 88.3 Å². The van der Waals surface area contributed by atoms with Gasteiger partial charge in [0.15, 0.2) is 0 Å². The molecule has 8 rings (SSSR count). The highest BCUT2D eigenvalue weighted by molar-refractivity contribution is 6.16. The molecule has 2 saturated heterocycles. The molecule has 1 unspecified atom stereocenters. The fraction of sp³-hybridized carbons (Fsp3) is 0.583. The molecule has 6 heterocycles. The van der Waals surface area contributed by atoms with Crippen LogP contribution in [-0.2, 0) is 6.42 Å². The van der Waals surface area contributed by atoms with Crippen LogP contribution in [0.3, 0.4) is 0 Å². The highest BCUT2D eigenvalue weighted by Gasteiger charge is 2.66. The minimum absolute atomic E-state index is 0.0153. The maximum absolute atomic E-state index is 13.1. The van der Waals surface area contributed by atoms with Crippen LogP contribution in [0, 0.1) is 11.3 Å². The number of benzene rings is 1. The van der Waals surface area contributed by atoms with E-state index >= 15 is 0 Å². The Morgan fingerprint density at radius 2 is 1.83 bits per heavy atom. The number of aliphatic hydroxyl groups is 1. The number of nitrogens with one attached hydrogen (secondary N) is 1. The zero-order valence-electron chi connectivity index (χ0n) is 24.9. The Morgan fingerprint density at radius 3 is 2.76 bits per heavy atom. The standard InChI is InChI=1S/C36H46N4O2/c41-26-12-13-31-28(21-26)27-14-17-37-32(33(27)38-31)29-23-36(42)16-8-4-1-2-5-9-18-39-20-15-30(29)35(24-39)22-25-11-7-3-6-10-19-40(25)34(35)36/h1,4,7,11-13,21,23,25,30,34,38,41-42H,2-3,5-6,8-10,14-20,22,24H2/b4-1-,11-7-/t25-,30-,34+,35-,36-/m0/s1. The molecular formula is C36H46N4O2. The third-order valence-electron chi connectivity index (χ3n) is 11.5. The number of hydrogen-bond donors (Lipinski definition) is 3. The number of H-pyrrole nitrogens is 1. The first-order chi connectivity index (χ1) is 20.6. The van der Waals surface area contributed by atoms with E-state index in [9.17, 15) is 10.2 Å². The van der Waals surface area contributed by atoms with Gasteiger partial charge >= 0.3 is 0 Å². The van der Waals surface area contributed by atoms with Gasteiger partial charge in [-0.25, -0.2) is 0 Å². The summed E-state index contributed by atoms with van der Waals surface area (Å²) in [5.41, 5.74) is 4.84. The zero-order chi connectivity index (χ0) is 28.3. The molecule has 2 fully saturated rings. The van der Waals surface area contributed by atoms with E-state index in [0.29, 0.717) is 17.7 Å². The number of phenolic OH excluding ortho intramolecular Hbond substituents is 1. The highest BCUT2D eigenvalue weighted by Crippen LogP contribution is 2.60. The van der Waals surface area contributed by atoms with Gasteiger partial charge in [-0.15, -0.1) is 0 Å². The van der Waals surface area contributed by atoms with Crippen molar-refractivity contribution in [1.82, 2.24) is 14.8 Å². The maximum Gasteiger partial charge on any atom is 0.116 e. The maximum atomic E-state index is 13.1. The topological polar surface area (TPSA) is 75.1 Å². The molecule has 6 nitrogen and oxygen atoms in total. The zero-order valence-corrected chi connectivity index (χ0v) is 24.9. The molecule has 2 aromatic rings. The van der Waals surface area contributed by atoms with Gasteiger partial charge in [-0.05, 0) is 132 Å². The average Bonchev–Trinajstić information content (AvgIpc) is 3.48. The Hall–Kier alpha value is -2.67. The molecule has 0 radical (unpaired) electrons. The summed E-state index contributed by atoms with van der Waals surface area (Å²) in [5, 5.41) is 24.5. The third-order valence-corrected chi connectivity index (χ3v) is 11.5. The number of phenols is 1. The number of rotatable bonds is 1. The van der Waals surface area contributed by atoms with E-state index in [0.717, 1.165) is 93.6 Å². The molecule has 6 atom stereocenters. The summed E-state index contributed by atoms with van der Waals surface area (Å²) >= 11 is 0. The SMILES string of the molecule is Oc1ccc2[nH]c3c(c2c1)CCN=C3C1=C[C@@]2(O)CC/C=C\CCCCN3CC[C@@H]1[C@]1(C[C@@H]4/C=C\CCCCN4[C@H]12)C3. The molecule has 42 heavy (non-hydrogen) atoms. The molecule has 3 N–H and O–H groups in total. The molecule has 0 amide bonds. The van der Waals surface area contributed by atoms with E-state index in [2.05, 4.69) is 45.2 Å². The van der Waals surface area contributed by atoms with Crippen LogP contribution >= 0.6 is 0 Å². The summed E-state index contributed by atoms with van der Waals surface area (Å²) in [6, 6.07) is 6.16. The largest absolute Gasteiger partial charge is 0.508 e. The Kier molecular flexibility index (Phi) is 6.73. The highest BCUT2D eigenvalue weighted by atomic mass is 16.3. The van der Waals surface area contributed by atoms with Crippen LogP contribution in [0.5, 0.6) is 5.75 Å². The van der Waals surface area contributed by atoms with Gasteiger partial charge in [0.2, 0.25) is 0 Å². The molecule has 6 heteroatoms. The van der Waals surface area contributed by atoms with E-state index < -0.39 is 5.60 Å². The second kappa shape index (κ2) is 10.5. The molecule has 1 aromatic heterocycles. The predicted molar refractivity (Wildman–Crippen MR) is 169 cm³/mol. The van der Waals surface area contributed by atoms with Crippen molar-refractivity contribution < 1.29 is 10.2 Å². The van der Waals surface area contributed by atoms with Crippen LogP contribution in [0.15, 0.2) is 59.1 Å². The van der Waals surface area contributed by atoms with Gasteiger partial charge in [-0.3, -0.25) is 9.89 Å². The van der Waals surface area contributed by atoms with E-state index in [1.165, 1.54) is 43.2 Å². The molecule has 1 aliphatic carbocycles. The van der Waals surface area contributed by atoms with Crippen LogP contribution in [0.4, 0.5) is 0 Å². The number of aromatic hydroxyl groups is 1. The Balaban J connectivity index is 1.31. The number of hydrogen-bond acceptors (Lipinski definition) is 5. The molecule has 222 valence electrons. The monoisotopic (exact) mass is 566 g/mol. The van der Waals surface area contributed by atoms with Gasteiger partial charge < -0.3 is 20.1 Å². The summed E-state index contributed by atoms with van der Waals surface area (Å²) in [4.78, 5) is 14.5. The lowest BCUT2D eigenvalue weighted by Crippen LogP contribution is -2.66. The number of aliphatic imine (C=N–C) groups is 1. The van der Waals surface area contributed by atoms with E-state index in [1.807, 2.05) is 12.1 Å². The number of fused-ring (bicyclic) bond motifs is 5. The predicted octanol–water partition coefficient (Wildman–Crippen LogP) is 5.90. The summed E-state index contributed by atoms with van der Waals surface area (Å²) in [6.07, 6.45) is 23.9. The van der Waals surface area contributed by atoms with Crippen molar-refractivity contribution in [3.63, 3.8) is 0 Å². The second-order valence-corrected chi connectivity index (χ2v) is 14.0. The van der Waals surface area contributed by atoms with Crippen molar-refractivity contribution >= 4 is 16.6 Å². The summed E-state index contributed by atoms with van der Waals surface area (Å²) in [5.74, 6) is 0.674. The van der Waals surface area contributed by atoms with Crippen LogP contribution in [0.1, 0.15) is 75.5 Å². The summed E-state index contributed by atoms with van der Waals surface area (Å²) in [6.45, 7) is 5.16. The van der Waals surface area contributed by atoms with Crippen molar-refractivity contribution in [2.24, 2.45) is 16.3 Å². The molecule has 3 bridgehead atoms. The average molecular weight is 567 g/mol. The van der Waals surface area contributed by atoms with Crippen LogP contribution < -0.4 is 0 Å². The lowest BCUT2D eigenvalue weighted by Gasteiger charge is -2.58. The fourth-order valence-corrected chi connectivity index (χ4v) is 9.88. The van der Waals surface area contributed by atoms with Crippen LogP contribution in [0.25, 0.3) is 10.9 Å². The first-order valence-electron chi connectivity index (χ1n) is 16.7. The number of piperidine rings is 1. The van der Waals surface area contributed by atoms with Crippen LogP contribution in [-0.4, -0.2) is 81.1 Å². The minimum atomic E-state index is -0.917. The normalized spacial score (nSPS) is 38.4. The lowest BCUT2D eigenvalue weighted by atomic mass is 9.54. The summed E-state index contributed by atoms with van der Waals surface area (Å²) in [7, 11) is 0. The number of aromatic amines is 1. The smallest absolute Gasteiger partial charge is 0.116 e. The third kappa shape index (κ3) is 4.28. The number of aromatic nitrogens is 1. The van der Waals surface area contributed by atoms with Gasteiger partial charge in [-0.1, -0.05) is 24.3 Å². The van der Waals surface area contributed by atoms with Gasteiger partial charge in [-0.2, -0.15) is 0 Å². The number of nitrogens with zero attached hydrogens (tertiary/aromatic N) is 3. The minimum Gasteiger partial charge on any atom is -0.508 e. The molecule has 6 aliphatic rings. The first-order valence-corrected chi connectivity index (χ1v) is 16.7. The van der Waals surface area contributed by atoms with Crippen molar-refractivity contribution in [1.29, 1.82) is 0 Å². The molecule has 0 saturated carbocycles. The Morgan fingerprint density at radius 1 is 0.976 bits per heavy atom. The molecule has 1 aromatic carbocycles. The Bertz CT molecular complexity index is 1480. The van der Waals surface area contributed by atoms with E-state index in [4.69, 9.17) is 4.99 Å². The van der Waals surface area contributed by atoms with Gasteiger partial charge in [0.25, 0.3) is 0 Å². The molecule has 1 spiro atoms. The first kappa shape index (κ1) is 26.9. The van der Waals surface area contributed by atoms with Crippen LogP contribution in [0.2, 0.25) is 0 Å².